The Labute approximate surface area is 125 Å². The number of alkyl halides is 6. The average Bonchev–Trinajstić information content (AvgIpc) is 2.45. The lowest BCUT2D eigenvalue weighted by Gasteiger charge is -2.21. The number of hydrogen-bond donors (Lipinski definition) is 0. The largest absolute Gasteiger partial charge is 0.416 e. The summed E-state index contributed by atoms with van der Waals surface area (Å²) >= 11 is 0. The molecule has 0 nitrogen and oxygen atoms in total. The number of rotatable bonds is 2. The highest BCUT2D eigenvalue weighted by atomic mass is 28.3. The Morgan fingerprint density at radius 3 is 1.27 bits per heavy atom. The topological polar surface area (TPSA) is 0 Å². The maximum atomic E-state index is 13.1. The third kappa shape index (κ3) is 3.35. The summed E-state index contributed by atoms with van der Waals surface area (Å²) in [7, 11) is -2.64. The van der Waals surface area contributed by atoms with Crippen molar-refractivity contribution in [3.63, 3.8) is 0 Å². The summed E-state index contributed by atoms with van der Waals surface area (Å²) in [5.74, 6) is 0. The number of hydrogen-bond acceptors (Lipinski definition) is 0. The van der Waals surface area contributed by atoms with Crippen LogP contribution < -0.4 is 10.4 Å². The van der Waals surface area contributed by atoms with Crippen LogP contribution in [0.2, 0.25) is 6.55 Å². The average molecular weight is 334 g/mol. The van der Waals surface area contributed by atoms with Crippen LogP contribution in [0.15, 0.2) is 48.5 Å². The van der Waals surface area contributed by atoms with Gasteiger partial charge in [0.15, 0.2) is 0 Å². The minimum atomic E-state index is -4.58. The zero-order valence-electron chi connectivity index (χ0n) is 11.5. The van der Waals surface area contributed by atoms with Crippen molar-refractivity contribution in [3.05, 3.63) is 59.7 Å². The van der Waals surface area contributed by atoms with E-state index in [1.807, 2.05) is 0 Å². The predicted molar refractivity (Wildman–Crippen MR) is 75.2 cm³/mol. The highest BCUT2D eigenvalue weighted by Gasteiger charge is 2.38. The van der Waals surface area contributed by atoms with E-state index in [0.717, 1.165) is 12.1 Å². The Morgan fingerprint density at radius 2 is 0.955 bits per heavy atom. The molecule has 0 amide bonds. The van der Waals surface area contributed by atoms with Gasteiger partial charge in [0.1, 0.15) is 8.80 Å². The Bertz CT molecular complexity index is 602. The van der Waals surface area contributed by atoms with Gasteiger partial charge >= 0.3 is 12.4 Å². The van der Waals surface area contributed by atoms with E-state index in [1.165, 1.54) is 42.9 Å². The summed E-state index contributed by atoms with van der Waals surface area (Å²) in [5.41, 5.74) is -1.71. The van der Waals surface area contributed by atoms with E-state index in [-0.39, 0.29) is 10.4 Å². The minimum absolute atomic E-state index is 0.0355. The molecule has 2 aromatic rings. The molecule has 118 valence electrons. The first-order chi connectivity index (χ1) is 10.1. The molecule has 22 heavy (non-hydrogen) atoms. The van der Waals surface area contributed by atoms with E-state index in [2.05, 4.69) is 0 Å². The van der Waals surface area contributed by atoms with Gasteiger partial charge in [0.05, 0.1) is 11.1 Å². The first kappa shape index (κ1) is 16.6. The summed E-state index contributed by atoms with van der Waals surface area (Å²) in [4.78, 5) is 0. The lowest BCUT2D eigenvalue weighted by Crippen LogP contribution is -2.45. The molecular formula is C15H12F6Si. The highest BCUT2D eigenvalue weighted by molar-refractivity contribution is 6.84. The van der Waals surface area contributed by atoms with Gasteiger partial charge in [0.2, 0.25) is 0 Å². The maximum absolute atomic E-state index is 13.1. The Morgan fingerprint density at radius 1 is 0.636 bits per heavy atom. The van der Waals surface area contributed by atoms with Crippen molar-refractivity contribution < 1.29 is 26.3 Å². The van der Waals surface area contributed by atoms with Crippen LogP contribution in [-0.2, 0) is 12.4 Å². The smallest absolute Gasteiger partial charge is 0.166 e. The van der Waals surface area contributed by atoms with Crippen LogP contribution in [-0.4, -0.2) is 8.80 Å². The first-order valence-electron chi connectivity index (χ1n) is 6.44. The Kier molecular flexibility index (Phi) is 4.37. The second-order valence-corrected chi connectivity index (χ2v) is 7.58. The molecule has 0 aromatic heterocycles. The van der Waals surface area contributed by atoms with Gasteiger partial charge in [-0.3, -0.25) is 0 Å². The molecule has 0 saturated carbocycles. The van der Waals surface area contributed by atoms with Crippen LogP contribution in [0.4, 0.5) is 26.3 Å². The third-order valence-corrected chi connectivity index (χ3v) is 6.34. The van der Waals surface area contributed by atoms with Crippen molar-refractivity contribution in [1.82, 2.24) is 0 Å². The van der Waals surface area contributed by atoms with Crippen molar-refractivity contribution in [1.29, 1.82) is 0 Å². The van der Waals surface area contributed by atoms with E-state index in [9.17, 15) is 26.3 Å². The van der Waals surface area contributed by atoms with Gasteiger partial charge in [-0.1, -0.05) is 55.1 Å². The van der Waals surface area contributed by atoms with E-state index in [4.69, 9.17) is 0 Å². The molecule has 0 spiro atoms. The molecule has 0 saturated heterocycles. The highest BCUT2D eigenvalue weighted by Crippen LogP contribution is 2.30. The van der Waals surface area contributed by atoms with Crippen LogP contribution in [0.3, 0.4) is 0 Å². The van der Waals surface area contributed by atoms with E-state index in [0.29, 0.717) is 0 Å². The minimum Gasteiger partial charge on any atom is -0.166 e. The quantitative estimate of drug-likeness (QED) is 0.580. The van der Waals surface area contributed by atoms with E-state index >= 15 is 0 Å². The fourth-order valence-corrected chi connectivity index (χ4v) is 5.02. The van der Waals surface area contributed by atoms with Crippen LogP contribution in [0, 0.1) is 0 Å². The maximum Gasteiger partial charge on any atom is 0.416 e. The summed E-state index contributed by atoms with van der Waals surface area (Å²) in [5, 5.41) is -0.0709. The van der Waals surface area contributed by atoms with Gasteiger partial charge in [-0.15, -0.1) is 0 Å². The Hall–Kier alpha value is -1.76. The van der Waals surface area contributed by atoms with Gasteiger partial charge in [-0.25, -0.2) is 0 Å². The molecular weight excluding hydrogens is 322 g/mol. The SMILES string of the molecule is C[SiH](c1ccccc1C(F)(F)F)c1ccccc1C(F)(F)F. The van der Waals surface area contributed by atoms with Gasteiger partial charge < -0.3 is 0 Å². The number of benzene rings is 2. The fourth-order valence-electron chi connectivity index (χ4n) is 2.43. The lowest BCUT2D eigenvalue weighted by atomic mass is 10.2. The monoisotopic (exact) mass is 334 g/mol. The zero-order valence-corrected chi connectivity index (χ0v) is 12.6. The standard InChI is InChI=1S/C15H12F6Si/c1-22(12-8-4-2-6-10(12)14(16,17)18)13-9-5-3-7-11(13)15(19,20)21/h2-9,22H,1H3. The van der Waals surface area contributed by atoms with E-state index in [1.54, 1.807) is 0 Å². The van der Waals surface area contributed by atoms with Crippen LogP contribution in [0.25, 0.3) is 0 Å². The molecule has 0 aliphatic heterocycles. The van der Waals surface area contributed by atoms with E-state index < -0.39 is 32.3 Å². The van der Waals surface area contributed by atoms with Crippen molar-refractivity contribution in [3.8, 4) is 0 Å². The molecule has 7 heteroatoms. The fraction of sp³-hybridized carbons (Fsp3) is 0.200. The summed E-state index contributed by atoms with van der Waals surface area (Å²) in [6.07, 6.45) is -9.16. The van der Waals surface area contributed by atoms with Gasteiger partial charge in [0, 0.05) is 0 Å². The second kappa shape index (κ2) is 5.79. The third-order valence-electron chi connectivity index (χ3n) is 3.47. The first-order valence-corrected chi connectivity index (χ1v) is 8.75. The molecule has 0 heterocycles. The van der Waals surface area contributed by atoms with Gasteiger partial charge in [-0.2, -0.15) is 26.3 Å². The Balaban J connectivity index is 2.58. The molecule has 0 N–H and O–H groups in total. The zero-order chi connectivity index (χ0) is 16.5. The lowest BCUT2D eigenvalue weighted by molar-refractivity contribution is -0.137. The van der Waals surface area contributed by atoms with Crippen LogP contribution in [0.5, 0.6) is 0 Å². The second-order valence-electron chi connectivity index (χ2n) is 4.89. The summed E-state index contributed by atoms with van der Waals surface area (Å²) < 4.78 is 78.4. The number of halogens is 6. The molecule has 0 unspecified atom stereocenters. The van der Waals surface area contributed by atoms with Crippen molar-refractivity contribution in [2.75, 3.05) is 0 Å². The molecule has 0 aliphatic carbocycles. The van der Waals surface area contributed by atoms with Crippen molar-refractivity contribution >= 4 is 19.2 Å². The normalized spacial score (nSPS) is 12.7. The van der Waals surface area contributed by atoms with Crippen molar-refractivity contribution in [2.45, 2.75) is 18.9 Å². The molecule has 0 fully saturated rings. The molecule has 0 radical (unpaired) electrons. The van der Waals surface area contributed by atoms with Crippen LogP contribution >= 0.6 is 0 Å². The molecule has 0 aliphatic rings. The molecule has 2 aromatic carbocycles. The summed E-state index contributed by atoms with van der Waals surface area (Å²) in [6.45, 7) is 1.48. The molecule has 0 atom stereocenters. The summed E-state index contributed by atoms with van der Waals surface area (Å²) in [6, 6.07) is 9.69. The van der Waals surface area contributed by atoms with Crippen molar-refractivity contribution in [2.24, 2.45) is 0 Å². The predicted octanol–water partition coefficient (Wildman–Crippen LogP) is 3.70. The van der Waals surface area contributed by atoms with Gasteiger partial charge in [-0.05, 0) is 10.4 Å². The molecule has 0 bridgehead atoms. The molecule has 2 rings (SSSR count). The van der Waals surface area contributed by atoms with Gasteiger partial charge in [0.25, 0.3) is 0 Å². The van der Waals surface area contributed by atoms with Crippen LogP contribution in [0.1, 0.15) is 11.1 Å².